The van der Waals surface area contributed by atoms with E-state index in [9.17, 15) is 0 Å². The Bertz CT molecular complexity index is 793. The number of nitrogens with zero attached hydrogens (tertiary/aromatic N) is 4. The van der Waals surface area contributed by atoms with Gasteiger partial charge in [0.05, 0.1) is 19.3 Å². The minimum atomic E-state index is 0.319. The van der Waals surface area contributed by atoms with E-state index in [0.717, 1.165) is 57.7 Å². The summed E-state index contributed by atoms with van der Waals surface area (Å²) in [5.41, 5.74) is 0. The van der Waals surface area contributed by atoms with Gasteiger partial charge in [-0.25, -0.2) is 9.98 Å². The second-order valence-electron chi connectivity index (χ2n) is 8.08. The monoisotopic (exact) mass is 432 g/mol. The van der Waals surface area contributed by atoms with Crippen LogP contribution in [0.1, 0.15) is 42.4 Å². The third kappa shape index (κ3) is 6.55. The molecular formula is C22H36N6OS. The van der Waals surface area contributed by atoms with Gasteiger partial charge >= 0.3 is 0 Å². The summed E-state index contributed by atoms with van der Waals surface area (Å²) in [4.78, 5) is 14.6. The number of thiophene rings is 1. The SMILES string of the molecule is CCNC(=NCc1nccn1CC(C)C)NCC(c1ccc(C)s1)N1CCOCC1. The molecule has 7 nitrogen and oxygen atoms in total. The third-order valence-corrected chi connectivity index (χ3v) is 6.23. The van der Waals surface area contributed by atoms with Gasteiger partial charge in [-0.3, -0.25) is 4.90 Å². The Hall–Kier alpha value is -1.90. The Morgan fingerprint density at radius 2 is 2.07 bits per heavy atom. The highest BCUT2D eigenvalue weighted by atomic mass is 32.1. The number of aryl methyl sites for hydroxylation is 1. The molecule has 0 amide bonds. The van der Waals surface area contributed by atoms with Crippen LogP contribution in [0.3, 0.4) is 0 Å². The number of guanidine groups is 1. The summed E-state index contributed by atoms with van der Waals surface area (Å²) >= 11 is 1.88. The van der Waals surface area contributed by atoms with E-state index in [4.69, 9.17) is 9.73 Å². The molecule has 0 radical (unpaired) electrons. The molecule has 1 aliphatic rings. The zero-order valence-corrected chi connectivity index (χ0v) is 19.5. The molecular weight excluding hydrogens is 396 g/mol. The Kier molecular flexibility index (Phi) is 8.72. The first-order valence-electron chi connectivity index (χ1n) is 11.0. The van der Waals surface area contributed by atoms with Gasteiger partial charge in [-0.1, -0.05) is 13.8 Å². The van der Waals surface area contributed by atoms with Crippen LogP contribution in [0.5, 0.6) is 0 Å². The molecule has 3 rings (SSSR count). The molecule has 0 saturated carbocycles. The molecule has 3 heterocycles. The van der Waals surface area contributed by atoms with Gasteiger partial charge in [-0.15, -0.1) is 11.3 Å². The van der Waals surface area contributed by atoms with Crippen molar-refractivity contribution in [1.29, 1.82) is 0 Å². The number of morpholine rings is 1. The molecule has 30 heavy (non-hydrogen) atoms. The summed E-state index contributed by atoms with van der Waals surface area (Å²) in [5.74, 6) is 2.42. The van der Waals surface area contributed by atoms with Crippen LogP contribution in [0.2, 0.25) is 0 Å². The molecule has 0 bridgehead atoms. The molecule has 8 heteroatoms. The maximum absolute atomic E-state index is 5.57. The molecule has 2 aromatic heterocycles. The lowest BCUT2D eigenvalue weighted by Gasteiger charge is -2.34. The van der Waals surface area contributed by atoms with Crippen LogP contribution in [0.4, 0.5) is 0 Å². The third-order valence-electron chi connectivity index (χ3n) is 5.13. The molecule has 2 aromatic rings. The predicted molar refractivity (Wildman–Crippen MR) is 124 cm³/mol. The molecule has 1 saturated heterocycles. The first kappa shape index (κ1) is 22.8. The molecule has 0 aromatic carbocycles. The fourth-order valence-electron chi connectivity index (χ4n) is 3.67. The molecule has 1 fully saturated rings. The van der Waals surface area contributed by atoms with E-state index in [1.807, 2.05) is 23.7 Å². The maximum Gasteiger partial charge on any atom is 0.191 e. The van der Waals surface area contributed by atoms with Crippen molar-refractivity contribution in [3.8, 4) is 0 Å². The molecule has 1 aliphatic heterocycles. The fourth-order valence-corrected chi connectivity index (χ4v) is 4.68. The highest BCUT2D eigenvalue weighted by Gasteiger charge is 2.24. The van der Waals surface area contributed by atoms with E-state index in [2.05, 4.69) is 64.9 Å². The first-order valence-corrected chi connectivity index (χ1v) is 11.8. The summed E-state index contributed by atoms with van der Waals surface area (Å²) in [6.45, 7) is 15.4. The number of ether oxygens (including phenoxy) is 1. The number of aromatic nitrogens is 2. The largest absolute Gasteiger partial charge is 0.379 e. The number of imidazole rings is 1. The second-order valence-corrected chi connectivity index (χ2v) is 9.40. The lowest BCUT2D eigenvalue weighted by molar-refractivity contribution is 0.0177. The summed E-state index contributed by atoms with van der Waals surface area (Å²) in [5, 5.41) is 6.96. The van der Waals surface area contributed by atoms with Crippen molar-refractivity contribution in [2.24, 2.45) is 10.9 Å². The average Bonchev–Trinajstić information content (AvgIpc) is 3.35. The van der Waals surface area contributed by atoms with Crippen molar-refractivity contribution in [2.75, 3.05) is 39.4 Å². The van der Waals surface area contributed by atoms with Crippen LogP contribution in [0.15, 0.2) is 29.5 Å². The van der Waals surface area contributed by atoms with E-state index in [1.54, 1.807) is 0 Å². The van der Waals surface area contributed by atoms with Gasteiger partial charge in [0.2, 0.25) is 0 Å². The van der Waals surface area contributed by atoms with Crippen molar-refractivity contribution in [2.45, 2.75) is 46.8 Å². The molecule has 1 unspecified atom stereocenters. The Morgan fingerprint density at radius 3 is 2.73 bits per heavy atom. The van der Waals surface area contributed by atoms with Crippen molar-refractivity contribution >= 4 is 17.3 Å². The van der Waals surface area contributed by atoms with Crippen LogP contribution >= 0.6 is 11.3 Å². The van der Waals surface area contributed by atoms with E-state index in [0.29, 0.717) is 18.5 Å². The van der Waals surface area contributed by atoms with E-state index >= 15 is 0 Å². The van der Waals surface area contributed by atoms with Crippen molar-refractivity contribution < 1.29 is 4.74 Å². The highest BCUT2D eigenvalue weighted by molar-refractivity contribution is 7.12. The molecule has 2 N–H and O–H groups in total. The maximum atomic E-state index is 5.57. The minimum absolute atomic E-state index is 0.319. The number of rotatable bonds is 9. The second kappa shape index (κ2) is 11.5. The molecule has 0 aliphatic carbocycles. The summed E-state index contributed by atoms with van der Waals surface area (Å²) in [6, 6.07) is 4.79. The normalized spacial score (nSPS) is 16.8. The summed E-state index contributed by atoms with van der Waals surface area (Å²) < 4.78 is 7.77. The number of hydrogen-bond donors (Lipinski definition) is 2. The van der Waals surface area contributed by atoms with Crippen LogP contribution < -0.4 is 10.6 Å². The summed E-state index contributed by atoms with van der Waals surface area (Å²) in [7, 11) is 0. The zero-order chi connectivity index (χ0) is 21.3. The lowest BCUT2D eigenvalue weighted by Crippen LogP contribution is -2.46. The number of hydrogen-bond acceptors (Lipinski definition) is 5. The zero-order valence-electron chi connectivity index (χ0n) is 18.7. The topological polar surface area (TPSA) is 66.7 Å². The van der Waals surface area contributed by atoms with Gasteiger partial charge in [-0.2, -0.15) is 0 Å². The van der Waals surface area contributed by atoms with Gasteiger partial charge in [-0.05, 0) is 31.9 Å². The van der Waals surface area contributed by atoms with Crippen LogP contribution in [-0.2, 0) is 17.8 Å². The fraction of sp³-hybridized carbons (Fsp3) is 0.636. The average molecular weight is 433 g/mol. The lowest BCUT2D eigenvalue weighted by atomic mass is 10.2. The first-order chi connectivity index (χ1) is 14.6. The number of aliphatic imine (C=N–C) groups is 1. The Labute approximate surface area is 184 Å². The quantitative estimate of drug-likeness (QED) is 0.471. The molecule has 1 atom stereocenters. The molecule has 0 spiro atoms. The van der Waals surface area contributed by atoms with Gasteiger partial charge in [0.1, 0.15) is 12.4 Å². The minimum Gasteiger partial charge on any atom is -0.379 e. The van der Waals surface area contributed by atoms with Crippen LogP contribution in [0, 0.1) is 12.8 Å². The number of nitrogens with one attached hydrogen (secondary N) is 2. The van der Waals surface area contributed by atoms with Gasteiger partial charge in [0, 0.05) is 54.9 Å². The van der Waals surface area contributed by atoms with Gasteiger partial charge in [0.15, 0.2) is 5.96 Å². The van der Waals surface area contributed by atoms with Crippen LogP contribution in [0.25, 0.3) is 0 Å². The van der Waals surface area contributed by atoms with E-state index in [-0.39, 0.29) is 0 Å². The highest BCUT2D eigenvalue weighted by Crippen LogP contribution is 2.27. The van der Waals surface area contributed by atoms with Gasteiger partial charge < -0.3 is 19.9 Å². The molecule has 166 valence electrons. The van der Waals surface area contributed by atoms with Crippen molar-refractivity contribution in [3.63, 3.8) is 0 Å². The predicted octanol–water partition coefficient (Wildman–Crippen LogP) is 3.04. The van der Waals surface area contributed by atoms with Crippen molar-refractivity contribution in [1.82, 2.24) is 25.1 Å². The van der Waals surface area contributed by atoms with Crippen molar-refractivity contribution in [3.05, 3.63) is 40.1 Å². The Balaban J connectivity index is 1.68. The van der Waals surface area contributed by atoms with E-state index < -0.39 is 0 Å². The smallest absolute Gasteiger partial charge is 0.191 e. The van der Waals surface area contributed by atoms with Gasteiger partial charge in [0.25, 0.3) is 0 Å². The standard InChI is InChI=1S/C22H36N6OS/c1-5-23-22(26-15-21-24-8-9-28(21)16-17(2)3)25-14-19(20-7-6-18(4)30-20)27-10-12-29-13-11-27/h6-9,17,19H,5,10-16H2,1-4H3,(H2,23,25,26). The van der Waals surface area contributed by atoms with E-state index in [1.165, 1.54) is 9.75 Å². The summed E-state index contributed by atoms with van der Waals surface area (Å²) in [6.07, 6.45) is 3.90. The Morgan fingerprint density at radius 1 is 1.27 bits per heavy atom. The van der Waals surface area contributed by atoms with Crippen LogP contribution in [-0.4, -0.2) is 59.8 Å².